The number of likely N-dealkylation sites (N-methyl/N-ethyl adjacent to an activating group) is 1. The van der Waals surface area contributed by atoms with E-state index in [0.29, 0.717) is 16.3 Å². The average molecular weight is 472 g/mol. The SMILES string of the molecule is CN(CC(=O)Nc1ccc(C(C#N)c2ccccc2)c(Cl)c1)S(=O)(=O)c1ccc(F)cc1. The third-order valence-corrected chi connectivity index (χ3v) is 6.89. The largest absolute Gasteiger partial charge is 0.325 e. The molecule has 0 aliphatic heterocycles. The van der Waals surface area contributed by atoms with Crippen LogP contribution in [-0.4, -0.2) is 32.2 Å². The number of amides is 1. The van der Waals surface area contributed by atoms with E-state index in [1.165, 1.54) is 13.1 Å². The molecule has 0 saturated heterocycles. The smallest absolute Gasteiger partial charge is 0.243 e. The minimum absolute atomic E-state index is 0.120. The minimum atomic E-state index is -3.96. The number of hydrogen-bond acceptors (Lipinski definition) is 4. The molecule has 3 aromatic rings. The molecule has 3 aromatic carbocycles. The van der Waals surface area contributed by atoms with Crippen LogP contribution < -0.4 is 5.32 Å². The first-order valence-corrected chi connectivity index (χ1v) is 11.3. The predicted molar refractivity (Wildman–Crippen MR) is 120 cm³/mol. The van der Waals surface area contributed by atoms with Crippen LogP contribution in [-0.2, 0) is 14.8 Å². The van der Waals surface area contributed by atoms with Gasteiger partial charge >= 0.3 is 0 Å². The van der Waals surface area contributed by atoms with Gasteiger partial charge in [0.25, 0.3) is 0 Å². The van der Waals surface area contributed by atoms with E-state index in [9.17, 15) is 22.9 Å². The molecule has 32 heavy (non-hydrogen) atoms. The normalized spacial score (nSPS) is 12.2. The maximum Gasteiger partial charge on any atom is 0.243 e. The van der Waals surface area contributed by atoms with Crippen LogP contribution in [0.25, 0.3) is 0 Å². The number of nitrogens with zero attached hydrogens (tertiary/aromatic N) is 2. The molecule has 1 unspecified atom stereocenters. The molecule has 1 atom stereocenters. The van der Waals surface area contributed by atoms with Crippen molar-refractivity contribution in [3.63, 3.8) is 0 Å². The first kappa shape index (κ1) is 23.4. The summed E-state index contributed by atoms with van der Waals surface area (Å²) in [5, 5.41) is 12.5. The molecule has 164 valence electrons. The van der Waals surface area contributed by atoms with E-state index in [2.05, 4.69) is 11.4 Å². The molecule has 0 aliphatic carbocycles. The van der Waals surface area contributed by atoms with Crippen LogP contribution in [0.3, 0.4) is 0 Å². The molecule has 0 aromatic heterocycles. The fraction of sp³-hybridized carbons (Fsp3) is 0.130. The van der Waals surface area contributed by atoms with Gasteiger partial charge in [-0.2, -0.15) is 9.57 Å². The Balaban J connectivity index is 1.71. The molecule has 3 rings (SSSR count). The van der Waals surface area contributed by atoms with Crippen molar-refractivity contribution >= 4 is 33.2 Å². The van der Waals surface area contributed by atoms with Crippen molar-refractivity contribution in [2.75, 3.05) is 18.9 Å². The van der Waals surface area contributed by atoms with Crippen molar-refractivity contribution in [2.45, 2.75) is 10.8 Å². The number of benzene rings is 3. The van der Waals surface area contributed by atoms with Crippen molar-refractivity contribution in [1.82, 2.24) is 4.31 Å². The Labute approximate surface area is 190 Å². The van der Waals surface area contributed by atoms with Crippen molar-refractivity contribution in [3.05, 3.63) is 94.8 Å². The Bertz CT molecular complexity index is 1260. The van der Waals surface area contributed by atoms with Gasteiger partial charge in [0, 0.05) is 17.8 Å². The second kappa shape index (κ2) is 9.92. The van der Waals surface area contributed by atoms with Gasteiger partial charge in [-0.05, 0) is 47.5 Å². The number of sulfonamides is 1. The molecule has 9 heteroatoms. The molecular formula is C23H19ClFN3O3S. The van der Waals surface area contributed by atoms with Gasteiger partial charge in [0.15, 0.2) is 0 Å². The molecule has 0 saturated carbocycles. The molecule has 0 spiro atoms. The van der Waals surface area contributed by atoms with Crippen LogP contribution >= 0.6 is 11.6 Å². The summed E-state index contributed by atoms with van der Waals surface area (Å²) in [5.74, 6) is -1.71. The quantitative estimate of drug-likeness (QED) is 0.553. The van der Waals surface area contributed by atoms with Crippen molar-refractivity contribution in [1.29, 1.82) is 5.26 Å². The molecular weight excluding hydrogens is 453 g/mol. The zero-order chi connectivity index (χ0) is 23.3. The molecule has 0 aliphatic rings. The zero-order valence-corrected chi connectivity index (χ0v) is 18.6. The number of hydrogen-bond donors (Lipinski definition) is 1. The van der Waals surface area contributed by atoms with E-state index < -0.39 is 34.2 Å². The standard InChI is InChI=1S/C23H19ClFN3O3S/c1-28(32(30,31)19-10-7-17(25)8-11-19)15-23(29)27-18-9-12-20(22(24)13-18)21(14-26)16-5-3-2-4-6-16/h2-13,21H,15H2,1H3,(H,27,29). The second-order valence-corrected chi connectivity index (χ2v) is 9.42. The first-order chi connectivity index (χ1) is 15.2. The van der Waals surface area contributed by atoms with Gasteiger partial charge in [0.05, 0.1) is 23.4 Å². The summed E-state index contributed by atoms with van der Waals surface area (Å²) < 4.78 is 39.0. The summed E-state index contributed by atoms with van der Waals surface area (Å²) in [4.78, 5) is 12.3. The van der Waals surface area contributed by atoms with E-state index >= 15 is 0 Å². The third kappa shape index (κ3) is 5.32. The molecule has 0 fully saturated rings. The van der Waals surface area contributed by atoms with Crippen molar-refractivity contribution in [2.24, 2.45) is 0 Å². The van der Waals surface area contributed by atoms with E-state index in [4.69, 9.17) is 11.6 Å². The maximum absolute atomic E-state index is 13.1. The fourth-order valence-electron chi connectivity index (χ4n) is 3.08. The topological polar surface area (TPSA) is 90.3 Å². The molecule has 6 nitrogen and oxygen atoms in total. The lowest BCUT2D eigenvalue weighted by molar-refractivity contribution is -0.116. The Morgan fingerprint density at radius 1 is 1.12 bits per heavy atom. The summed E-state index contributed by atoms with van der Waals surface area (Å²) in [6.45, 7) is -0.454. The average Bonchev–Trinajstić information content (AvgIpc) is 2.76. The monoisotopic (exact) mass is 471 g/mol. The lowest BCUT2D eigenvalue weighted by Crippen LogP contribution is -2.35. The third-order valence-electron chi connectivity index (χ3n) is 4.75. The summed E-state index contributed by atoms with van der Waals surface area (Å²) >= 11 is 6.37. The van der Waals surface area contributed by atoms with Gasteiger partial charge in [-0.25, -0.2) is 12.8 Å². The zero-order valence-electron chi connectivity index (χ0n) is 17.0. The summed E-state index contributed by atoms with van der Waals surface area (Å²) in [6.07, 6.45) is 0. The van der Waals surface area contributed by atoms with Gasteiger partial charge < -0.3 is 5.32 Å². The van der Waals surface area contributed by atoms with E-state index in [1.54, 1.807) is 12.1 Å². The number of carbonyl (C=O) groups excluding carboxylic acids is 1. The van der Waals surface area contributed by atoms with Gasteiger partial charge in [-0.15, -0.1) is 0 Å². The number of carbonyl (C=O) groups is 1. The lowest BCUT2D eigenvalue weighted by atomic mass is 9.92. The van der Waals surface area contributed by atoms with Crippen LogP contribution in [0.2, 0.25) is 5.02 Å². The Hall–Kier alpha value is -3.25. The van der Waals surface area contributed by atoms with Crippen LogP contribution in [0.5, 0.6) is 0 Å². The molecule has 0 radical (unpaired) electrons. The molecule has 0 heterocycles. The van der Waals surface area contributed by atoms with Gasteiger partial charge in [0.2, 0.25) is 15.9 Å². The summed E-state index contributed by atoms with van der Waals surface area (Å²) in [6, 6.07) is 20.5. The van der Waals surface area contributed by atoms with Crippen LogP contribution in [0.15, 0.2) is 77.7 Å². The molecule has 0 bridgehead atoms. The highest BCUT2D eigenvalue weighted by Gasteiger charge is 2.23. The summed E-state index contributed by atoms with van der Waals surface area (Å²) in [5.41, 5.74) is 1.75. The van der Waals surface area contributed by atoms with Crippen LogP contribution in [0.4, 0.5) is 10.1 Å². The van der Waals surface area contributed by atoms with E-state index in [0.717, 1.165) is 34.1 Å². The highest BCUT2D eigenvalue weighted by Crippen LogP contribution is 2.31. The Kier molecular flexibility index (Phi) is 7.26. The highest BCUT2D eigenvalue weighted by atomic mass is 35.5. The fourth-order valence-corrected chi connectivity index (χ4v) is 4.50. The second-order valence-electron chi connectivity index (χ2n) is 6.97. The van der Waals surface area contributed by atoms with Gasteiger partial charge in [-0.1, -0.05) is 48.0 Å². The Morgan fingerprint density at radius 3 is 2.38 bits per heavy atom. The molecule has 1 amide bonds. The molecule has 1 N–H and O–H groups in total. The lowest BCUT2D eigenvalue weighted by Gasteiger charge is -2.17. The van der Waals surface area contributed by atoms with Crippen LogP contribution in [0, 0.1) is 17.1 Å². The summed E-state index contributed by atoms with van der Waals surface area (Å²) in [7, 11) is -2.70. The van der Waals surface area contributed by atoms with Crippen molar-refractivity contribution in [3.8, 4) is 6.07 Å². The number of nitriles is 1. The predicted octanol–water partition coefficient (Wildman–Crippen LogP) is 4.39. The number of nitrogens with one attached hydrogen (secondary N) is 1. The maximum atomic E-state index is 13.1. The van der Waals surface area contributed by atoms with E-state index in [-0.39, 0.29) is 4.90 Å². The highest BCUT2D eigenvalue weighted by molar-refractivity contribution is 7.89. The van der Waals surface area contributed by atoms with Gasteiger partial charge in [-0.3, -0.25) is 4.79 Å². The van der Waals surface area contributed by atoms with Crippen LogP contribution in [0.1, 0.15) is 17.0 Å². The number of rotatable bonds is 7. The minimum Gasteiger partial charge on any atom is -0.325 e. The van der Waals surface area contributed by atoms with Crippen molar-refractivity contribution < 1.29 is 17.6 Å². The number of halogens is 2. The number of anilines is 1. The Morgan fingerprint density at radius 2 is 1.78 bits per heavy atom. The first-order valence-electron chi connectivity index (χ1n) is 9.48. The van der Waals surface area contributed by atoms with E-state index in [1.807, 2.05) is 30.3 Å². The van der Waals surface area contributed by atoms with Gasteiger partial charge in [0.1, 0.15) is 5.82 Å².